The van der Waals surface area contributed by atoms with Gasteiger partial charge >= 0.3 is 0 Å². The lowest BCUT2D eigenvalue weighted by molar-refractivity contribution is -0.130. The summed E-state index contributed by atoms with van der Waals surface area (Å²) < 4.78 is 17.6. The number of ether oxygens (including phenoxy) is 3. The average molecular weight is 522 g/mol. The molecule has 202 valence electrons. The minimum absolute atomic E-state index is 0.0113. The van der Waals surface area contributed by atoms with E-state index >= 15 is 0 Å². The lowest BCUT2D eigenvalue weighted by Crippen LogP contribution is -2.53. The van der Waals surface area contributed by atoms with Crippen LogP contribution in [0, 0.1) is 5.92 Å². The first kappa shape index (κ1) is 26.0. The first-order chi connectivity index (χ1) is 18.4. The molecule has 2 aromatic carbocycles. The molecule has 0 aromatic heterocycles. The van der Waals surface area contributed by atoms with E-state index in [1.54, 1.807) is 43.3 Å². The highest BCUT2D eigenvalue weighted by molar-refractivity contribution is 6.00. The van der Waals surface area contributed by atoms with Crippen LogP contribution in [-0.2, 0) is 14.3 Å². The fourth-order valence-corrected chi connectivity index (χ4v) is 5.66. The van der Waals surface area contributed by atoms with Gasteiger partial charge in [-0.25, -0.2) is 0 Å². The normalized spacial score (nSPS) is 23.4. The third kappa shape index (κ3) is 5.78. The molecule has 3 aliphatic rings. The summed E-state index contributed by atoms with van der Waals surface area (Å²) in [6.45, 7) is 0.261. The number of carbonyl (C=O) groups excluding carboxylic acids is 3. The van der Waals surface area contributed by atoms with Crippen molar-refractivity contribution in [3.63, 3.8) is 0 Å². The third-order valence-corrected chi connectivity index (χ3v) is 7.77. The van der Waals surface area contributed by atoms with Crippen molar-refractivity contribution in [2.45, 2.75) is 63.2 Å². The molecule has 38 heavy (non-hydrogen) atoms. The van der Waals surface area contributed by atoms with Crippen LogP contribution < -0.4 is 20.1 Å². The highest BCUT2D eigenvalue weighted by Gasteiger charge is 2.39. The van der Waals surface area contributed by atoms with Gasteiger partial charge in [-0.1, -0.05) is 18.9 Å². The van der Waals surface area contributed by atoms with Crippen molar-refractivity contribution in [2.75, 3.05) is 31.4 Å². The zero-order valence-electron chi connectivity index (χ0n) is 21.9. The van der Waals surface area contributed by atoms with Gasteiger partial charge in [0, 0.05) is 30.4 Å². The number of anilines is 2. The van der Waals surface area contributed by atoms with Crippen LogP contribution in [0.25, 0.3) is 0 Å². The first-order valence-corrected chi connectivity index (χ1v) is 13.4. The number of hydrogen-bond acceptors (Lipinski definition) is 6. The van der Waals surface area contributed by atoms with E-state index in [9.17, 15) is 14.4 Å². The van der Waals surface area contributed by atoms with Gasteiger partial charge in [0.15, 0.2) is 0 Å². The summed E-state index contributed by atoms with van der Waals surface area (Å²) in [6.07, 6.45) is 4.90. The van der Waals surface area contributed by atoms with Crippen molar-refractivity contribution in [3.05, 3.63) is 48.0 Å². The number of nitrogens with one attached hydrogen (secondary N) is 2. The topological polar surface area (TPSA) is 106 Å². The second-order valence-corrected chi connectivity index (χ2v) is 10.3. The van der Waals surface area contributed by atoms with Crippen LogP contribution in [0.4, 0.5) is 11.4 Å². The first-order valence-electron chi connectivity index (χ1n) is 13.4. The van der Waals surface area contributed by atoms with Crippen LogP contribution in [0.3, 0.4) is 0 Å². The molecular formula is C29H35N3O6. The average Bonchev–Trinajstić information content (AvgIpc) is 3.46. The Hall–Kier alpha value is -3.59. The van der Waals surface area contributed by atoms with Gasteiger partial charge in [0.05, 0.1) is 31.2 Å². The van der Waals surface area contributed by atoms with Gasteiger partial charge in [0.2, 0.25) is 11.8 Å². The van der Waals surface area contributed by atoms with E-state index in [0.29, 0.717) is 41.3 Å². The molecule has 2 fully saturated rings. The molecule has 1 saturated carbocycles. The molecule has 3 amide bonds. The summed E-state index contributed by atoms with van der Waals surface area (Å²) in [7, 11) is 3.36. The fraction of sp³-hybridized carbons (Fsp3) is 0.483. The summed E-state index contributed by atoms with van der Waals surface area (Å²) in [5, 5.41) is 5.87. The molecule has 0 radical (unpaired) electrons. The minimum atomic E-state index is -0.359. The number of likely N-dealkylation sites (N-methyl/N-ethyl adjacent to an activating group) is 1. The van der Waals surface area contributed by atoms with Gasteiger partial charge in [-0.15, -0.1) is 0 Å². The Balaban J connectivity index is 1.22. The van der Waals surface area contributed by atoms with Crippen LogP contribution in [0.2, 0.25) is 0 Å². The maximum atomic E-state index is 13.5. The van der Waals surface area contributed by atoms with Gasteiger partial charge in [-0.3, -0.25) is 14.4 Å². The highest BCUT2D eigenvalue weighted by atomic mass is 16.5. The van der Waals surface area contributed by atoms with E-state index < -0.39 is 0 Å². The van der Waals surface area contributed by atoms with Crippen molar-refractivity contribution in [1.29, 1.82) is 0 Å². The molecule has 2 aliphatic heterocycles. The predicted molar refractivity (Wildman–Crippen MR) is 143 cm³/mol. The lowest BCUT2D eigenvalue weighted by Gasteiger charge is -2.42. The number of rotatable bonds is 6. The second kappa shape index (κ2) is 11.4. The maximum Gasteiger partial charge on any atom is 0.257 e. The molecule has 1 saturated heterocycles. The van der Waals surface area contributed by atoms with Crippen LogP contribution in [0.5, 0.6) is 11.5 Å². The van der Waals surface area contributed by atoms with Gasteiger partial charge in [-0.05, 0) is 56.0 Å². The van der Waals surface area contributed by atoms with Gasteiger partial charge in [0.25, 0.3) is 5.91 Å². The molecule has 0 unspecified atom stereocenters. The molecule has 3 atom stereocenters. The molecule has 9 heteroatoms. The molecule has 1 aliphatic carbocycles. The highest BCUT2D eigenvalue weighted by Crippen LogP contribution is 2.33. The van der Waals surface area contributed by atoms with E-state index in [-0.39, 0.29) is 54.9 Å². The van der Waals surface area contributed by atoms with Gasteiger partial charge in [-0.2, -0.15) is 0 Å². The number of fused-ring (bicyclic) bond motifs is 2. The number of benzene rings is 2. The van der Waals surface area contributed by atoms with Crippen LogP contribution >= 0.6 is 0 Å². The molecule has 0 spiro atoms. The molecule has 9 nitrogen and oxygen atoms in total. The van der Waals surface area contributed by atoms with Crippen LogP contribution in [0.15, 0.2) is 42.5 Å². The molecule has 0 bridgehead atoms. The Kier molecular flexibility index (Phi) is 7.83. The van der Waals surface area contributed by atoms with E-state index in [4.69, 9.17) is 14.2 Å². The minimum Gasteiger partial charge on any atom is -0.497 e. The van der Waals surface area contributed by atoms with Crippen molar-refractivity contribution >= 4 is 29.1 Å². The van der Waals surface area contributed by atoms with Crippen molar-refractivity contribution < 1.29 is 28.6 Å². The monoisotopic (exact) mass is 521 g/mol. The molecule has 2 N–H and O–H groups in total. The SMILES string of the molecule is COc1cccc(NC(=O)C[C@@H]2CC[C@H]3[C@@H](COc4ccc(NC(=O)C5CCCC5)cc4C(=O)N3C)O2)c1. The van der Waals surface area contributed by atoms with Crippen molar-refractivity contribution in [3.8, 4) is 11.5 Å². The predicted octanol–water partition coefficient (Wildman–Crippen LogP) is 4.23. The fourth-order valence-electron chi connectivity index (χ4n) is 5.66. The number of amides is 3. The molecule has 2 aromatic rings. The number of carbonyl (C=O) groups is 3. The third-order valence-electron chi connectivity index (χ3n) is 7.77. The zero-order chi connectivity index (χ0) is 26.6. The van der Waals surface area contributed by atoms with Gasteiger partial charge in [0.1, 0.15) is 24.2 Å². The quantitative estimate of drug-likeness (QED) is 0.589. The Morgan fingerprint density at radius 3 is 2.61 bits per heavy atom. The Labute approximate surface area is 222 Å². The van der Waals surface area contributed by atoms with E-state index in [1.165, 1.54) is 0 Å². The Morgan fingerprint density at radius 2 is 1.82 bits per heavy atom. The largest absolute Gasteiger partial charge is 0.497 e. The summed E-state index contributed by atoms with van der Waals surface area (Å²) in [5.74, 6) is 0.859. The number of methoxy groups -OCH3 is 1. The summed E-state index contributed by atoms with van der Waals surface area (Å²) in [4.78, 5) is 40.4. The second-order valence-electron chi connectivity index (χ2n) is 10.3. The summed E-state index contributed by atoms with van der Waals surface area (Å²) >= 11 is 0. The molecule has 2 heterocycles. The Bertz CT molecular complexity index is 1190. The van der Waals surface area contributed by atoms with Crippen LogP contribution in [0.1, 0.15) is 55.3 Å². The van der Waals surface area contributed by atoms with E-state index in [2.05, 4.69) is 10.6 Å². The maximum absolute atomic E-state index is 13.5. The number of nitrogens with zero attached hydrogens (tertiary/aromatic N) is 1. The van der Waals surface area contributed by atoms with E-state index in [1.807, 2.05) is 18.2 Å². The lowest BCUT2D eigenvalue weighted by atomic mass is 9.94. The van der Waals surface area contributed by atoms with Crippen LogP contribution in [-0.4, -0.2) is 61.6 Å². The van der Waals surface area contributed by atoms with E-state index in [0.717, 1.165) is 25.7 Å². The van der Waals surface area contributed by atoms with Gasteiger partial charge < -0.3 is 29.7 Å². The standard InChI is InChI=1S/C29H35N3O6/c1-32-24-12-11-22(16-27(33)30-19-8-5-9-21(14-19)36-2)38-26(24)17-37-25-13-10-20(15-23(25)29(32)35)31-28(34)18-6-3-4-7-18/h5,8-10,13-15,18,22,24,26H,3-4,6-7,11-12,16-17H2,1-2H3,(H,30,33)(H,31,34)/t22-,24-,26+/m0/s1. The zero-order valence-corrected chi connectivity index (χ0v) is 21.9. The van der Waals surface area contributed by atoms with Crippen molar-refractivity contribution in [2.24, 2.45) is 5.92 Å². The Morgan fingerprint density at radius 1 is 1.03 bits per heavy atom. The summed E-state index contributed by atoms with van der Waals surface area (Å²) in [6, 6.07) is 12.2. The van der Waals surface area contributed by atoms with Crippen molar-refractivity contribution in [1.82, 2.24) is 4.90 Å². The summed E-state index contributed by atoms with van der Waals surface area (Å²) in [5.41, 5.74) is 1.69. The molecular weight excluding hydrogens is 486 g/mol. The smallest absolute Gasteiger partial charge is 0.257 e. The number of hydrogen-bond donors (Lipinski definition) is 2. The molecule has 5 rings (SSSR count).